The molecule has 118 valence electrons. The second-order valence-corrected chi connectivity index (χ2v) is 6.44. The van der Waals surface area contributed by atoms with Gasteiger partial charge < -0.3 is 10.5 Å². The molecule has 0 heterocycles. The van der Waals surface area contributed by atoms with Crippen LogP contribution >= 0.6 is 0 Å². The van der Waals surface area contributed by atoms with Crippen LogP contribution in [0.15, 0.2) is 36.4 Å². The fourth-order valence-corrected chi connectivity index (χ4v) is 2.83. The SMILES string of the molecule is COc1cc(C)c(-c2ccc(CC(C)N)cc2)cc1C(C)C. The Labute approximate surface area is 134 Å². The van der Waals surface area contributed by atoms with Gasteiger partial charge in [0.15, 0.2) is 0 Å². The first-order valence-corrected chi connectivity index (χ1v) is 7.95. The third-order valence-corrected chi connectivity index (χ3v) is 4.02. The Morgan fingerprint density at radius 3 is 2.18 bits per heavy atom. The molecule has 0 saturated heterocycles. The first kappa shape index (κ1) is 16.6. The van der Waals surface area contributed by atoms with Crippen molar-refractivity contribution < 1.29 is 4.74 Å². The molecule has 2 rings (SSSR count). The molecule has 0 radical (unpaired) electrons. The van der Waals surface area contributed by atoms with Crippen LogP contribution in [0.5, 0.6) is 5.75 Å². The van der Waals surface area contributed by atoms with E-state index >= 15 is 0 Å². The summed E-state index contributed by atoms with van der Waals surface area (Å²) in [5, 5.41) is 0. The van der Waals surface area contributed by atoms with E-state index in [1.54, 1.807) is 7.11 Å². The Morgan fingerprint density at radius 2 is 1.68 bits per heavy atom. The van der Waals surface area contributed by atoms with Crippen molar-refractivity contribution in [3.8, 4) is 16.9 Å². The van der Waals surface area contributed by atoms with Gasteiger partial charge in [-0.2, -0.15) is 0 Å². The van der Waals surface area contributed by atoms with Gasteiger partial charge in [0.05, 0.1) is 7.11 Å². The van der Waals surface area contributed by atoms with Gasteiger partial charge in [0.2, 0.25) is 0 Å². The maximum absolute atomic E-state index is 5.87. The molecule has 0 aliphatic carbocycles. The summed E-state index contributed by atoms with van der Waals surface area (Å²) in [4.78, 5) is 0. The number of nitrogens with two attached hydrogens (primary N) is 1. The molecule has 0 saturated carbocycles. The maximum atomic E-state index is 5.87. The van der Waals surface area contributed by atoms with E-state index in [2.05, 4.69) is 57.2 Å². The number of aryl methyl sites for hydroxylation is 1. The van der Waals surface area contributed by atoms with Gasteiger partial charge in [-0.1, -0.05) is 38.1 Å². The molecule has 0 amide bonds. The van der Waals surface area contributed by atoms with Gasteiger partial charge >= 0.3 is 0 Å². The average Bonchev–Trinajstić information content (AvgIpc) is 2.47. The molecule has 0 aliphatic rings. The van der Waals surface area contributed by atoms with Gasteiger partial charge in [-0.15, -0.1) is 0 Å². The van der Waals surface area contributed by atoms with Crippen LogP contribution in [0.4, 0.5) is 0 Å². The molecule has 1 atom stereocenters. The fraction of sp³-hybridized carbons (Fsp3) is 0.400. The summed E-state index contributed by atoms with van der Waals surface area (Å²) in [5.41, 5.74) is 12.2. The van der Waals surface area contributed by atoms with E-state index < -0.39 is 0 Å². The van der Waals surface area contributed by atoms with Crippen molar-refractivity contribution in [2.45, 2.75) is 46.1 Å². The van der Waals surface area contributed by atoms with Crippen molar-refractivity contribution >= 4 is 0 Å². The summed E-state index contributed by atoms with van der Waals surface area (Å²) >= 11 is 0. The Kier molecular flexibility index (Phi) is 5.25. The number of methoxy groups -OCH3 is 1. The fourth-order valence-electron chi connectivity index (χ4n) is 2.83. The van der Waals surface area contributed by atoms with Crippen molar-refractivity contribution in [3.05, 3.63) is 53.1 Å². The first-order valence-electron chi connectivity index (χ1n) is 7.95. The molecule has 0 spiro atoms. The van der Waals surface area contributed by atoms with Crippen LogP contribution in [0.3, 0.4) is 0 Å². The topological polar surface area (TPSA) is 35.2 Å². The molecule has 0 fully saturated rings. The van der Waals surface area contributed by atoms with Gasteiger partial charge in [-0.05, 0) is 66.1 Å². The molecule has 2 aromatic rings. The quantitative estimate of drug-likeness (QED) is 0.869. The third-order valence-electron chi connectivity index (χ3n) is 4.02. The third kappa shape index (κ3) is 3.69. The van der Waals surface area contributed by atoms with E-state index in [0.29, 0.717) is 5.92 Å². The largest absolute Gasteiger partial charge is 0.496 e. The summed E-state index contributed by atoms with van der Waals surface area (Å²) in [5.74, 6) is 1.41. The van der Waals surface area contributed by atoms with Gasteiger partial charge in [0, 0.05) is 6.04 Å². The molecule has 0 bridgehead atoms. The van der Waals surface area contributed by atoms with Gasteiger partial charge in [-0.3, -0.25) is 0 Å². The van der Waals surface area contributed by atoms with E-state index in [9.17, 15) is 0 Å². The van der Waals surface area contributed by atoms with E-state index in [1.807, 2.05) is 6.92 Å². The lowest BCUT2D eigenvalue weighted by Gasteiger charge is -2.16. The molecule has 2 heteroatoms. The normalized spacial score (nSPS) is 12.5. The van der Waals surface area contributed by atoms with Gasteiger partial charge in [0.1, 0.15) is 5.75 Å². The summed E-state index contributed by atoms with van der Waals surface area (Å²) < 4.78 is 5.53. The number of benzene rings is 2. The highest BCUT2D eigenvalue weighted by atomic mass is 16.5. The summed E-state index contributed by atoms with van der Waals surface area (Å²) in [7, 11) is 1.74. The lowest BCUT2D eigenvalue weighted by Crippen LogP contribution is -2.17. The van der Waals surface area contributed by atoms with Crippen LogP contribution in [0.25, 0.3) is 11.1 Å². The Morgan fingerprint density at radius 1 is 1.05 bits per heavy atom. The predicted octanol–water partition coefficient (Wildman–Crippen LogP) is 4.68. The number of hydrogen-bond donors (Lipinski definition) is 1. The van der Waals surface area contributed by atoms with Gasteiger partial charge in [0.25, 0.3) is 0 Å². The summed E-state index contributed by atoms with van der Waals surface area (Å²) in [6.45, 7) is 8.57. The second-order valence-electron chi connectivity index (χ2n) is 6.44. The number of ether oxygens (including phenoxy) is 1. The Balaban J connectivity index is 2.41. The van der Waals surface area contributed by atoms with Crippen LogP contribution in [0.2, 0.25) is 0 Å². The van der Waals surface area contributed by atoms with Crippen LogP contribution in [-0.4, -0.2) is 13.2 Å². The minimum absolute atomic E-state index is 0.195. The highest BCUT2D eigenvalue weighted by Gasteiger charge is 2.12. The molecular formula is C20H27NO. The Bertz CT molecular complexity index is 627. The average molecular weight is 297 g/mol. The highest BCUT2D eigenvalue weighted by molar-refractivity contribution is 5.70. The number of rotatable bonds is 5. The lowest BCUT2D eigenvalue weighted by atomic mass is 9.92. The molecule has 2 N–H and O–H groups in total. The van der Waals surface area contributed by atoms with Crippen LogP contribution in [0.1, 0.15) is 43.4 Å². The predicted molar refractivity (Wildman–Crippen MR) is 94.6 cm³/mol. The minimum atomic E-state index is 0.195. The minimum Gasteiger partial charge on any atom is -0.496 e. The molecule has 1 unspecified atom stereocenters. The van der Waals surface area contributed by atoms with E-state index in [-0.39, 0.29) is 6.04 Å². The van der Waals surface area contributed by atoms with E-state index in [1.165, 1.54) is 27.8 Å². The maximum Gasteiger partial charge on any atom is 0.122 e. The first-order chi connectivity index (χ1) is 10.4. The zero-order valence-corrected chi connectivity index (χ0v) is 14.3. The van der Waals surface area contributed by atoms with Crippen LogP contribution in [-0.2, 0) is 6.42 Å². The Hall–Kier alpha value is -1.80. The molecule has 0 aromatic heterocycles. The molecule has 22 heavy (non-hydrogen) atoms. The molecule has 2 aromatic carbocycles. The number of hydrogen-bond acceptors (Lipinski definition) is 2. The van der Waals surface area contributed by atoms with Crippen molar-refractivity contribution in [1.82, 2.24) is 0 Å². The van der Waals surface area contributed by atoms with Crippen molar-refractivity contribution in [1.29, 1.82) is 0 Å². The summed E-state index contributed by atoms with van der Waals surface area (Å²) in [6, 6.07) is 13.3. The highest BCUT2D eigenvalue weighted by Crippen LogP contribution is 2.34. The second kappa shape index (κ2) is 6.97. The zero-order valence-electron chi connectivity index (χ0n) is 14.3. The van der Waals surface area contributed by atoms with Crippen molar-refractivity contribution in [3.63, 3.8) is 0 Å². The zero-order chi connectivity index (χ0) is 16.3. The van der Waals surface area contributed by atoms with Crippen LogP contribution < -0.4 is 10.5 Å². The molecule has 2 nitrogen and oxygen atoms in total. The molecular weight excluding hydrogens is 270 g/mol. The molecule has 0 aliphatic heterocycles. The smallest absolute Gasteiger partial charge is 0.122 e. The standard InChI is InChI=1S/C20H27NO/c1-13(2)18-12-19(14(3)10-20(18)22-5)17-8-6-16(7-9-17)11-15(4)21/h6-10,12-13,15H,11,21H2,1-5H3. The summed E-state index contributed by atoms with van der Waals surface area (Å²) in [6.07, 6.45) is 0.916. The van der Waals surface area contributed by atoms with Crippen molar-refractivity contribution in [2.75, 3.05) is 7.11 Å². The van der Waals surface area contributed by atoms with Crippen LogP contribution in [0, 0.1) is 6.92 Å². The van der Waals surface area contributed by atoms with Crippen molar-refractivity contribution in [2.24, 2.45) is 5.73 Å². The van der Waals surface area contributed by atoms with E-state index in [0.717, 1.165) is 12.2 Å². The monoisotopic (exact) mass is 297 g/mol. The van der Waals surface area contributed by atoms with E-state index in [4.69, 9.17) is 10.5 Å². The van der Waals surface area contributed by atoms with Gasteiger partial charge in [-0.25, -0.2) is 0 Å². The lowest BCUT2D eigenvalue weighted by molar-refractivity contribution is 0.407.